The number of carbonyl (C=O) groups excluding carboxylic acids is 1. The van der Waals surface area contributed by atoms with Crippen molar-refractivity contribution in [3.63, 3.8) is 0 Å². The Balaban J connectivity index is 1.60. The van der Waals surface area contributed by atoms with E-state index in [9.17, 15) is 9.90 Å². The molecule has 0 saturated heterocycles. The van der Waals surface area contributed by atoms with Gasteiger partial charge in [0.2, 0.25) is 5.91 Å². The van der Waals surface area contributed by atoms with Crippen molar-refractivity contribution in [1.82, 2.24) is 4.98 Å². The number of aromatic nitrogens is 1. The number of carbonyl (C=O) groups is 1. The Morgan fingerprint density at radius 2 is 2.04 bits per heavy atom. The average molecular weight is 367 g/mol. The number of aromatic hydroxyl groups is 1. The number of aryl methyl sites for hydroxylation is 1. The summed E-state index contributed by atoms with van der Waals surface area (Å²) in [6.45, 7) is 1.83. The van der Waals surface area contributed by atoms with Crippen molar-refractivity contribution in [2.45, 2.75) is 25.8 Å². The molecule has 0 aliphatic heterocycles. The zero-order valence-electron chi connectivity index (χ0n) is 14.5. The van der Waals surface area contributed by atoms with Gasteiger partial charge in [0.1, 0.15) is 10.8 Å². The van der Waals surface area contributed by atoms with Crippen molar-refractivity contribution < 1.29 is 9.90 Å². The molecular formula is C20H21N3O2S. The van der Waals surface area contributed by atoms with Gasteiger partial charge >= 0.3 is 0 Å². The number of rotatable bonds is 6. The number of amides is 1. The molecule has 1 heterocycles. The minimum Gasteiger partial charge on any atom is -0.508 e. The van der Waals surface area contributed by atoms with Gasteiger partial charge in [-0.1, -0.05) is 30.3 Å². The lowest BCUT2D eigenvalue weighted by Crippen LogP contribution is -2.16. The van der Waals surface area contributed by atoms with Crippen molar-refractivity contribution in [2.75, 3.05) is 5.32 Å². The fourth-order valence-corrected chi connectivity index (χ4v) is 3.50. The molecule has 6 heteroatoms. The summed E-state index contributed by atoms with van der Waals surface area (Å²) in [4.78, 5) is 16.8. The monoisotopic (exact) mass is 367 g/mol. The zero-order valence-corrected chi connectivity index (χ0v) is 15.3. The van der Waals surface area contributed by atoms with E-state index < -0.39 is 0 Å². The van der Waals surface area contributed by atoms with Crippen LogP contribution in [-0.4, -0.2) is 16.0 Å². The van der Waals surface area contributed by atoms with Crippen molar-refractivity contribution in [1.29, 1.82) is 0 Å². The molecular weight excluding hydrogens is 346 g/mol. The lowest BCUT2D eigenvalue weighted by molar-refractivity contribution is -0.115. The van der Waals surface area contributed by atoms with Crippen LogP contribution in [0, 0.1) is 6.92 Å². The van der Waals surface area contributed by atoms with E-state index in [1.165, 1.54) is 11.3 Å². The van der Waals surface area contributed by atoms with Gasteiger partial charge in [-0.25, -0.2) is 4.98 Å². The molecule has 0 aliphatic carbocycles. The third kappa shape index (κ3) is 4.68. The van der Waals surface area contributed by atoms with Crippen LogP contribution in [0.2, 0.25) is 0 Å². The molecule has 0 saturated carbocycles. The molecule has 5 nitrogen and oxygen atoms in total. The summed E-state index contributed by atoms with van der Waals surface area (Å²) in [5.41, 5.74) is 9.62. The van der Waals surface area contributed by atoms with Crippen LogP contribution in [-0.2, 0) is 17.6 Å². The van der Waals surface area contributed by atoms with Crippen LogP contribution in [0.25, 0.3) is 0 Å². The highest BCUT2D eigenvalue weighted by molar-refractivity contribution is 7.09. The number of hydrogen-bond acceptors (Lipinski definition) is 5. The maximum atomic E-state index is 12.2. The fourth-order valence-electron chi connectivity index (χ4n) is 2.68. The van der Waals surface area contributed by atoms with Gasteiger partial charge in [0, 0.05) is 11.1 Å². The molecule has 0 spiro atoms. The Morgan fingerprint density at radius 1 is 1.27 bits per heavy atom. The molecule has 1 aromatic heterocycles. The van der Waals surface area contributed by atoms with E-state index in [0.717, 1.165) is 16.1 Å². The van der Waals surface area contributed by atoms with Crippen LogP contribution in [0.4, 0.5) is 5.69 Å². The summed E-state index contributed by atoms with van der Waals surface area (Å²) in [6.07, 6.45) is 0.904. The maximum Gasteiger partial charge on any atom is 0.230 e. The number of anilines is 1. The summed E-state index contributed by atoms with van der Waals surface area (Å²) >= 11 is 1.48. The van der Waals surface area contributed by atoms with E-state index >= 15 is 0 Å². The van der Waals surface area contributed by atoms with Gasteiger partial charge in [-0.05, 0) is 42.7 Å². The summed E-state index contributed by atoms with van der Waals surface area (Å²) in [5.74, 6) is 0.0318. The normalized spacial score (nSPS) is 11.9. The van der Waals surface area contributed by atoms with Crippen LogP contribution < -0.4 is 11.1 Å². The first-order chi connectivity index (χ1) is 12.5. The molecule has 0 bridgehead atoms. The topological polar surface area (TPSA) is 88.2 Å². The van der Waals surface area contributed by atoms with Gasteiger partial charge in [-0.3, -0.25) is 4.79 Å². The third-order valence-corrected chi connectivity index (χ3v) is 5.04. The van der Waals surface area contributed by atoms with E-state index in [1.54, 1.807) is 18.2 Å². The molecule has 1 amide bonds. The standard InChI is InChI=1S/C20H21N3O2S/c1-13-9-16(24)7-8-18(13)23-19(25)11-15-12-26-20(22-15)17(21)10-14-5-3-2-4-6-14/h2-9,12,17,24H,10-11,21H2,1H3,(H,23,25). The van der Waals surface area contributed by atoms with E-state index in [4.69, 9.17) is 5.73 Å². The number of thiazole rings is 1. The molecule has 0 aliphatic rings. The number of hydrogen-bond donors (Lipinski definition) is 3. The molecule has 0 fully saturated rings. The molecule has 1 unspecified atom stereocenters. The van der Waals surface area contributed by atoms with Gasteiger partial charge in [-0.15, -0.1) is 11.3 Å². The number of nitrogens with zero attached hydrogens (tertiary/aromatic N) is 1. The van der Waals surface area contributed by atoms with Gasteiger partial charge < -0.3 is 16.2 Å². The SMILES string of the molecule is Cc1cc(O)ccc1NC(=O)Cc1csc(C(N)Cc2ccccc2)n1. The smallest absolute Gasteiger partial charge is 0.230 e. The van der Waals surface area contributed by atoms with Gasteiger partial charge in [-0.2, -0.15) is 0 Å². The van der Waals surface area contributed by atoms with Crippen molar-refractivity contribution >= 4 is 22.9 Å². The third-order valence-electron chi connectivity index (χ3n) is 4.01. The van der Waals surface area contributed by atoms with Crippen molar-refractivity contribution in [2.24, 2.45) is 5.73 Å². The Morgan fingerprint density at radius 3 is 2.77 bits per heavy atom. The first kappa shape index (κ1) is 18.1. The molecule has 4 N–H and O–H groups in total. The Hall–Kier alpha value is -2.70. The highest BCUT2D eigenvalue weighted by atomic mass is 32.1. The molecule has 1 atom stereocenters. The fraction of sp³-hybridized carbons (Fsp3) is 0.200. The summed E-state index contributed by atoms with van der Waals surface area (Å²) < 4.78 is 0. The highest BCUT2D eigenvalue weighted by Gasteiger charge is 2.14. The first-order valence-electron chi connectivity index (χ1n) is 8.34. The first-order valence-corrected chi connectivity index (χ1v) is 9.22. The van der Waals surface area contributed by atoms with Crippen LogP contribution in [0.5, 0.6) is 5.75 Å². The number of phenolic OH excluding ortho intramolecular Hbond substituents is 1. The largest absolute Gasteiger partial charge is 0.508 e. The van der Waals surface area contributed by atoms with Gasteiger partial charge in [0.05, 0.1) is 18.2 Å². The molecule has 134 valence electrons. The number of phenols is 1. The van der Waals surface area contributed by atoms with Crippen molar-refractivity contribution in [3.05, 3.63) is 75.7 Å². The Bertz CT molecular complexity index is 893. The minimum absolute atomic E-state index is 0.146. The maximum absolute atomic E-state index is 12.2. The van der Waals surface area contributed by atoms with Crippen LogP contribution in [0.1, 0.15) is 27.9 Å². The van der Waals surface area contributed by atoms with E-state index in [1.807, 2.05) is 42.6 Å². The Labute approximate surface area is 156 Å². The lowest BCUT2D eigenvalue weighted by atomic mass is 10.1. The van der Waals surface area contributed by atoms with Gasteiger partial charge in [0.15, 0.2) is 0 Å². The number of nitrogens with one attached hydrogen (secondary N) is 1. The van der Waals surface area contributed by atoms with Crippen LogP contribution >= 0.6 is 11.3 Å². The van der Waals surface area contributed by atoms with Crippen molar-refractivity contribution in [3.8, 4) is 5.75 Å². The molecule has 3 aromatic rings. The summed E-state index contributed by atoms with van der Waals surface area (Å²) in [7, 11) is 0. The predicted molar refractivity (Wildman–Crippen MR) is 104 cm³/mol. The second kappa shape index (κ2) is 8.12. The van der Waals surface area contributed by atoms with E-state index in [-0.39, 0.29) is 24.1 Å². The summed E-state index contributed by atoms with van der Waals surface area (Å²) in [6, 6.07) is 14.7. The molecule has 0 radical (unpaired) electrons. The lowest BCUT2D eigenvalue weighted by Gasteiger charge is -2.09. The van der Waals surface area contributed by atoms with Crippen LogP contribution in [0.3, 0.4) is 0 Å². The Kier molecular flexibility index (Phi) is 5.65. The van der Waals surface area contributed by atoms with E-state index in [2.05, 4.69) is 10.3 Å². The molecule has 2 aromatic carbocycles. The number of benzene rings is 2. The highest BCUT2D eigenvalue weighted by Crippen LogP contribution is 2.22. The average Bonchev–Trinajstić information content (AvgIpc) is 3.07. The molecule has 3 rings (SSSR count). The minimum atomic E-state index is -0.182. The second-order valence-corrected chi connectivity index (χ2v) is 7.09. The van der Waals surface area contributed by atoms with E-state index in [0.29, 0.717) is 17.8 Å². The zero-order chi connectivity index (χ0) is 18.5. The second-order valence-electron chi connectivity index (χ2n) is 6.20. The quantitative estimate of drug-likeness (QED) is 0.581. The molecule has 26 heavy (non-hydrogen) atoms. The van der Waals surface area contributed by atoms with Gasteiger partial charge in [0.25, 0.3) is 0 Å². The number of nitrogens with two attached hydrogens (primary N) is 1. The van der Waals surface area contributed by atoms with Crippen LogP contribution in [0.15, 0.2) is 53.9 Å². The predicted octanol–water partition coefficient (Wildman–Crippen LogP) is 3.58. The summed E-state index contributed by atoms with van der Waals surface area (Å²) in [5, 5.41) is 15.0.